The second kappa shape index (κ2) is 7.91. The summed E-state index contributed by atoms with van der Waals surface area (Å²) in [5, 5.41) is 4.37. The van der Waals surface area contributed by atoms with E-state index in [1.807, 2.05) is 0 Å². The molecule has 0 heterocycles. The van der Waals surface area contributed by atoms with Crippen molar-refractivity contribution in [1.29, 1.82) is 0 Å². The van der Waals surface area contributed by atoms with E-state index < -0.39 is 0 Å². The Bertz CT molecular complexity index is 582. The van der Waals surface area contributed by atoms with E-state index in [0.717, 1.165) is 24.1 Å². The Hall–Kier alpha value is -1.71. The monoisotopic (exact) mass is 330 g/mol. The summed E-state index contributed by atoms with van der Waals surface area (Å²) in [6.45, 7) is 2.07. The number of hydrogen-bond acceptors (Lipinski definition) is 2. The second-order valence-corrected chi connectivity index (χ2v) is 7.14. The molecule has 24 heavy (non-hydrogen) atoms. The highest BCUT2D eigenvalue weighted by molar-refractivity contribution is 6.01. The maximum Gasteiger partial charge on any atom is 0.243 e. The molecule has 1 unspecified atom stereocenters. The van der Waals surface area contributed by atoms with Crippen molar-refractivity contribution in [2.45, 2.75) is 58.3 Å². The van der Waals surface area contributed by atoms with Crippen molar-refractivity contribution in [3.63, 3.8) is 0 Å². The summed E-state index contributed by atoms with van der Waals surface area (Å²) in [4.78, 5) is 12.5. The van der Waals surface area contributed by atoms with Crippen molar-refractivity contribution in [1.82, 2.24) is 5.43 Å². The Morgan fingerprint density at radius 2 is 1.75 bits per heavy atom. The van der Waals surface area contributed by atoms with Gasteiger partial charge in [0, 0.05) is 5.92 Å². The molecule has 4 heteroatoms. The number of halogens is 1. The van der Waals surface area contributed by atoms with Crippen LogP contribution in [0.25, 0.3) is 0 Å². The van der Waals surface area contributed by atoms with Gasteiger partial charge in [-0.3, -0.25) is 4.79 Å². The number of nitrogens with zero attached hydrogens (tertiary/aromatic N) is 1. The van der Waals surface area contributed by atoms with Gasteiger partial charge >= 0.3 is 0 Å². The van der Waals surface area contributed by atoms with E-state index in [1.54, 1.807) is 12.1 Å². The third-order valence-corrected chi connectivity index (χ3v) is 5.42. The van der Waals surface area contributed by atoms with Crippen LogP contribution < -0.4 is 5.43 Å². The minimum absolute atomic E-state index is 0.0719. The number of carbonyl (C=O) groups is 1. The van der Waals surface area contributed by atoms with Crippen molar-refractivity contribution in [2.24, 2.45) is 22.9 Å². The number of carbonyl (C=O) groups excluding carboxylic acids is 1. The molecule has 1 aromatic carbocycles. The number of fused-ring (bicyclic) bond motifs is 1. The van der Waals surface area contributed by atoms with Crippen LogP contribution in [-0.2, 0) is 4.79 Å². The predicted molar refractivity (Wildman–Crippen MR) is 94.2 cm³/mol. The van der Waals surface area contributed by atoms with E-state index in [0.29, 0.717) is 11.8 Å². The molecular formula is C20H27FN2O. The third-order valence-electron chi connectivity index (χ3n) is 5.42. The fourth-order valence-electron chi connectivity index (χ4n) is 4.08. The topological polar surface area (TPSA) is 41.5 Å². The maximum absolute atomic E-state index is 13.1. The van der Waals surface area contributed by atoms with Crippen molar-refractivity contribution in [2.75, 3.05) is 0 Å². The Morgan fingerprint density at radius 3 is 2.33 bits per heavy atom. The first kappa shape index (κ1) is 17.1. The lowest BCUT2D eigenvalue weighted by molar-refractivity contribution is -0.122. The van der Waals surface area contributed by atoms with Crippen LogP contribution in [0, 0.1) is 23.6 Å². The van der Waals surface area contributed by atoms with Crippen LogP contribution in [0.1, 0.15) is 63.9 Å². The molecule has 0 aliphatic heterocycles. The highest BCUT2D eigenvalue weighted by atomic mass is 19.1. The number of benzene rings is 1. The number of rotatable bonds is 5. The first-order valence-electron chi connectivity index (χ1n) is 9.33. The molecule has 0 saturated heterocycles. The first-order valence-corrected chi connectivity index (χ1v) is 9.33. The average molecular weight is 330 g/mol. The zero-order chi connectivity index (χ0) is 16.9. The normalized spacial score (nSPS) is 26.9. The summed E-state index contributed by atoms with van der Waals surface area (Å²) in [6.07, 6.45) is 9.19. The Morgan fingerprint density at radius 1 is 1.12 bits per heavy atom. The summed E-state index contributed by atoms with van der Waals surface area (Å²) in [6, 6.07) is 6.32. The summed E-state index contributed by atoms with van der Waals surface area (Å²) < 4.78 is 13.1. The van der Waals surface area contributed by atoms with Gasteiger partial charge < -0.3 is 0 Å². The summed E-state index contributed by atoms with van der Waals surface area (Å²) in [7, 11) is 0. The standard InChI is InChI=1S/C20H27FN2O/c1-2-7-18(14-10-12-15(21)13-11-14)22-23-20(24)19-16-8-5-3-4-6-9-17(16)19/h10-13,16-17,19H,2-9H2,1H3,(H,23,24)/b22-18+/t16-,17+,19?. The maximum atomic E-state index is 13.1. The highest BCUT2D eigenvalue weighted by Crippen LogP contribution is 2.53. The molecule has 0 radical (unpaired) electrons. The van der Waals surface area contributed by atoms with Crippen LogP contribution in [0.15, 0.2) is 29.4 Å². The van der Waals surface area contributed by atoms with Gasteiger partial charge in [0.15, 0.2) is 0 Å². The van der Waals surface area contributed by atoms with Crippen LogP contribution in [0.4, 0.5) is 4.39 Å². The van der Waals surface area contributed by atoms with Gasteiger partial charge in [-0.15, -0.1) is 0 Å². The quantitative estimate of drug-likeness (QED) is 0.619. The summed E-state index contributed by atoms with van der Waals surface area (Å²) in [5.41, 5.74) is 4.49. The van der Waals surface area contributed by atoms with E-state index in [2.05, 4.69) is 17.5 Å². The SMILES string of the molecule is CCC/C(=N\NC(=O)C1[C@H]2CCCCCC[C@@H]12)c1ccc(F)cc1. The molecule has 3 atom stereocenters. The van der Waals surface area contributed by atoms with Gasteiger partial charge in [-0.05, 0) is 48.8 Å². The Labute approximate surface area is 143 Å². The summed E-state index contributed by atoms with van der Waals surface area (Å²) in [5.74, 6) is 1.11. The lowest BCUT2D eigenvalue weighted by Crippen LogP contribution is -2.23. The van der Waals surface area contributed by atoms with Gasteiger partial charge in [0.05, 0.1) is 5.71 Å². The van der Waals surface area contributed by atoms with Gasteiger partial charge in [-0.1, -0.05) is 51.2 Å². The van der Waals surface area contributed by atoms with Crippen molar-refractivity contribution in [3.8, 4) is 0 Å². The fourth-order valence-corrected chi connectivity index (χ4v) is 4.08. The van der Waals surface area contributed by atoms with Gasteiger partial charge in [0.25, 0.3) is 0 Å². The largest absolute Gasteiger partial charge is 0.273 e. The third kappa shape index (κ3) is 4.03. The Balaban J connectivity index is 1.63. The number of amides is 1. The number of nitrogens with one attached hydrogen (secondary N) is 1. The number of hydrogen-bond donors (Lipinski definition) is 1. The Kier molecular flexibility index (Phi) is 5.64. The van der Waals surface area contributed by atoms with Crippen LogP contribution in [0.5, 0.6) is 0 Å². The lowest BCUT2D eigenvalue weighted by atomic mass is 10.0. The molecule has 3 nitrogen and oxygen atoms in total. The molecule has 2 saturated carbocycles. The molecule has 1 N–H and O–H groups in total. The van der Waals surface area contributed by atoms with Gasteiger partial charge in [0.2, 0.25) is 5.91 Å². The molecule has 0 aromatic heterocycles. The van der Waals surface area contributed by atoms with Crippen LogP contribution in [0.3, 0.4) is 0 Å². The van der Waals surface area contributed by atoms with Crippen LogP contribution in [-0.4, -0.2) is 11.6 Å². The average Bonchev–Trinajstić information content (AvgIpc) is 3.23. The van der Waals surface area contributed by atoms with Crippen LogP contribution >= 0.6 is 0 Å². The van der Waals surface area contributed by atoms with Crippen molar-refractivity contribution >= 4 is 11.6 Å². The smallest absolute Gasteiger partial charge is 0.243 e. The second-order valence-electron chi connectivity index (χ2n) is 7.14. The molecule has 0 bridgehead atoms. The molecule has 3 rings (SSSR count). The summed E-state index contributed by atoms with van der Waals surface area (Å²) >= 11 is 0. The molecule has 130 valence electrons. The van der Waals surface area contributed by atoms with E-state index in [9.17, 15) is 9.18 Å². The van der Waals surface area contributed by atoms with Gasteiger partial charge in [-0.25, -0.2) is 9.82 Å². The number of hydrazone groups is 1. The van der Waals surface area contributed by atoms with E-state index in [4.69, 9.17) is 0 Å². The highest BCUT2D eigenvalue weighted by Gasteiger charge is 2.53. The molecule has 0 spiro atoms. The molecule has 1 aromatic rings. The van der Waals surface area contributed by atoms with Gasteiger partial charge in [0.1, 0.15) is 5.82 Å². The fraction of sp³-hybridized carbons (Fsp3) is 0.600. The van der Waals surface area contributed by atoms with Gasteiger partial charge in [-0.2, -0.15) is 5.10 Å². The van der Waals surface area contributed by atoms with Crippen LogP contribution in [0.2, 0.25) is 0 Å². The minimum atomic E-state index is -0.257. The zero-order valence-corrected chi connectivity index (χ0v) is 14.4. The van der Waals surface area contributed by atoms with Crippen molar-refractivity contribution in [3.05, 3.63) is 35.6 Å². The van der Waals surface area contributed by atoms with E-state index >= 15 is 0 Å². The first-order chi connectivity index (χ1) is 11.7. The predicted octanol–water partition coefficient (Wildman–Crippen LogP) is 4.66. The molecule has 2 fully saturated rings. The molecule has 1 amide bonds. The minimum Gasteiger partial charge on any atom is -0.273 e. The zero-order valence-electron chi connectivity index (χ0n) is 14.4. The van der Waals surface area contributed by atoms with Crippen molar-refractivity contribution < 1.29 is 9.18 Å². The van der Waals surface area contributed by atoms with E-state index in [1.165, 1.54) is 50.7 Å². The molecule has 2 aliphatic rings. The molecular weight excluding hydrogens is 303 g/mol. The van der Waals surface area contributed by atoms with E-state index in [-0.39, 0.29) is 17.6 Å². The lowest BCUT2D eigenvalue weighted by Gasteiger charge is -2.06. The molecule has 2 aliphatic carbocycles.